The first-order valence-electron chi connectivity index (χ1n) is 6.85. The number of hydrogen-bond donors (Lipinski definition) is 2. The van der Waals surface area contributed by atoms with Crippen molar-refractivity contribution < 1.29 is 9.90 Å². The minimum atomic E-state index is -0.934. The second-order valence-electron chi connectivity index (χ2n) is 4.90. The minimum absolute atomic E-state index is 0.311. The number of hydrogen-bond acceptors (Lipinski definition) is 2. The van der Waals surface area contributed by atoms with Gasteiger partial charge in [0, 0.05) is 28.7 Å². The summed E-state index contributed by atoms with van der Waals surface area (Å²) in [5, 5.41) is 9.67. The van der Waals surface area contributed by atoms with Gasteiger partial charge in [-0.3, -0.25) is 0 Å². The third-order valence-corrected chi connectivity index (χ3v) is 3.72. The predicted molar refractivity (Wildman–Crippen MR) is 83.6 cm³/mol. The maximum atomic E-state index is 11.8. The highest BCUT2D eigenvalue weighted by Gasteiger charge is 2.23. The van der Waals surface area contributed by atoms with Crippen LogP contribution in [0.25, 0.3) is 16.6 Å². The van der Waals surface area contributed by atoms with E-state index in [1.54, 1.807) is 6.07 Å². The molecule has 0 amide bonds. The molecule has 0 aliphatic rings. The number of benzene rings is 1. The van der Waals surface area contributed by atoms with Crippen LogP contribution in [0.2, 0.25) is 0 Å². The van der Waals surface area contributed by atoms with E-state index < -0.39 is 5.97 Å². The van der Waals surface area contributed by atoms with Gasteiger partial charge in [-0.1, -0.05) is 31.2 Å². The molecule has 4 nitrogen and oxygen atoms in total. The van der Waals surface area contributed by atoms with Crippen molar-refractivity contribution in [1.29, 1.82) is 0 Å². The van der Waals surface area contributed by atoms with Crippen LogP contribution in [-0.4, -0.2) is 15.5 Å². The van der Waals surface area contributed by atoms with Crippen LogP contribution in [0, 0.1) is 0 Å². The summed E-state index contributed by atoms with van der Waals surface area (Å²) < 4.78 is 1.94. The lowest BCUT2D eigenvalue weighted by atomic mass is 9.98. The van der Waals surface area contributed by atoms with E-state index in [4.69, 9.17) is 5.73 Å². The van der Waals surface area contributed by atoms with E-state index in [1.807, 2.05) is 53.9 Å². The molecule has 2 heterocycles. The van der Waals surface area contributed by atoms with Gasteiger partial charge in [0.15, 0.2) is 0 Å². The average Bonchev–Trinajstić information content (AvgIpc) is 2.81. The van der Waals surface area contributed by atoms with E-state index in [9.17, 15) is 9.90 Å². The Bertz CT molecular complexity index is 834. The fourth-order valence-corrected chi connectivity index (χ4v) is 2.85. The zero-order valence-corrected chi connectivity index (χ0v) is 11.7. The lowest BCUT2D eigenvalue weighted by Crippen LogP contribution is -2.00. The first-order chi connectivity index (χ1) is 10.1. The summed E-state index contributed by atoms with van der Waals surface area (Å²) in [7, 11) is 0. The lowest BCUT2D eigenvalue weighted by Gasteiger charge is -2.08. The van der Waals surface area contributed by atoms with E-state index in [0.29, 0.717) is 22.3 Å². The van der Waals surface area contributed by atoms with Gasteiger partial charge in [-0.2, -0.15) is 0 Å². The molecule has 3 N–H and O–H groups in total. The van der Waals surface area contributed by atoms with Crippen molar-refractivity contribution in [2.24, 2.45) is 0 Å². The highest BCUT2D eigenvalue weighted by atomic mass is 16.4. The number of carbonyl (C=O) groups is 1. The molecule has 0 aliphatic carbocycles. The average molecular weight is 280 g/mol. The Morgan fingerprint density at radius 1 is 1.19 bits per heavy atom. The first kappa shape index (κ1) is 13.2. The SMILES string of the molecule is CCc1c(-c2ccccc2N)c(C(=O)O)c2ccccn12. The summed E-state index contributed by atoms with van der Waals surface area (Å²) in [5.74, 6) is -0.934. The van der Waals surface area contributed by atoms with Gasteiger partial charge < -0.3 is 15.2 Å². The van der Waals surface area contributed by atoms with Crippen LogP contribution in [0.1, 0.15) is 23.0 Å². The van der Waals surface area contributed by atoms with Crippen LogP contribution in [0.4, 0.5) is 5.69 Å². The number of aromatic nitrogens is 1. The third kappa shape index (κ3) is 1.96. The Hall–Kier alpha value is -2.75. The van der Waals surface area contributed by atoms with Crippen LogP contribution in [0.5, 0.6) is 0 Å². The molecule has 0 spiro atoms. The summed E-state index contributed by atoms with van der Waals surface area (Å²) in [4.78, 5) is 11.8. The van der Waals surface area contributed by atoms with Crippen LogP contribution in [0.3, 0.4) is 0 Å². The molecule has 4 heteroatoms. The van der Waals surface area contributed by atoms with Gasteiger partial charge >= 0.3 is 5.97 Å². The molecule has 3 aromatic rings. The number of fused-ring (bicyclic) bond motifs is 1. The number of aryl methyl sites for hydroxylation is 1. The third-order valence-electron chi connectivity index (χ3n) is 3.72. The molecule has 0 saturated heterocycles. The van der Waals surface area contributed by atoms with Crippen LogP contribution in [-0.2, 0) is 6.42 Å². The molecule has 106 valence electrons. The standard InChI is InChI=1S/C17H16N2O2/c1-2-13-15(11-7-3-4-8-12(11)18)16(17(20)21)14-9-5-6-10-19(13)14/h3-10H,2,18H2,1H3,(H,20,21). The number of rotatable bonds is 3. The largest absolute Gasteiger partial charge is 0.478 e. The maximum absolute atomic E-state index is 11.8. The monoisotopic (exact) mass is 280 g/mol. The molecule has 2 aromatic heterocycles. The lowest BCUT2D eigenvalue weighted by molar-refractivity contribution is 0.0700. The zero-order chi connectivity index (χ0) is 15.0. The van der Waals surface area contributed by atoms with Crippen molar-refractivity contribution in [3.63, 3.8) is 0 Å². The van der Waals surface area contributed by atoms with Gasteiger partial charge in [0.1, 0.15) is 0 Å². The van der Waals surface area contributed by atoms with Crippen LogP contribution >= 0.6 is 0 Å². The van der Waals surface area contributed by atoms with Gasteiger partial charge in [-0.05, 0) is 24.6 Å². The van der Waals surface area contributed by atoms with Crippen LogP contribution < -0.4 is 5.73 Å². The van der Waals surface area contributed by atoms with E-state index >= 15 is 0 Å². The summed E-state index contributed by atoms with van der Waals surface area (Å²) in [6.07, 6.45) is 2.62. The molecular formula is C17H16N2O2. The number of carboxylic acids is 1. The summed E-state index contributed by atoms with van der Waals surface area (Å²) in [6, 6.07) is 13.0. The van der Waals surface area contributed by atoms with Gasteiger partial charge in [0.25, 0.3) is 0 Å². The van der Waals surface area contributed by atoms with Gasteiger partial charge in [0.2, 0.25) is 0 Å². The van der Waals surface area contributed by atoms with E-state index in [1.165, 1.54) is 0 Å². The number of para-hydroxylation sites is 1. The summed E-state index contributed by atoms with van der Waals surface area (Å²) in [6.45, 7) is 2.02. The van der Waals surface area contributed by atoms with Crippen molar-refractivity contribution >= 4 is 17.2 Å². The number of nitrogen functional groups attached to an aromatic ring is 1. The number of nitrogens with two attached hydrogens (primary N) is 1. The number of pyridine rings is 1. The van der Waals surface area contributed by atoms with Gasteiger partial charge in [-0.25, -0.2) is 4.79 Å². The van der Waals surface area contributed by atoms with Gasteiger partial charge in [0.05, 0.1) is 11.1 Å². The molecule has 3 rings (SSSR count). The van der Waals surface area contributed by atoms with Crippen molar-refractivity contribution in [3.8, 4) is 11.1 Å². The fourth-order valence-electron chi connectivity index (χ4n) is 2.85. The number of carboxylic acid groups (broad SMARTS) is 1. The summed E-state index contributed by atoms with van der Waals surface area (Å²) in [5.41, 5.74) is 10.1. The number of nitrogens with zero attached hydrogens (tertiary/aromatic N) is 1. The first-order valence-corrected chi connectivity index (χ1v) is 6.85. The molecule has 0 fully saturated rings. The Morgan fingerprint density at radius 2 is 1.90 bits per heavy atom. The highest BCUT2D eigenvalue weighted by Crippen LogP contribution is 2.36. The van der Waals surface area contributed by atoms with Crippen molar-refractivity contribution in [2.75, 3.05) is 5.73 Å². The van der Waals surface area contributed by atoms with Crippen molar-refractivity contribution in [1.82, 2.24) is 4.40 Å². The van der Waals surface area contributed by atoms with E-state index in [2.05, 4.69) is 0 Å². The smallest absolute Gasteiger partial charge is 0.338 e. The van der Waals surface area contributed by atoms with Gasteiger partial charge in [-0.15, -0.1) is 0 Å². The van der Waals surface area contributed by atoms with Crippen molar-refractivity contribution in [2.45, 2.75) is 13.3 Å². The Kier molecular flexibility index (Phi) is 3.14. The molecule has 0 bridgehead atoms. The summed E-state index contributed by atoms with van der Waals surface area (Å²) >= 11 is 0. The quantitative estimate of drug-likeness (QED) is 0.722. The van der Waals surface area contributed by atoms with Crippen LogP contribution in [0.15, 0.2) is 48.7 Å². The van der Waals surface area contributed by atoms with E-state index in [0.717, 1.165) is 17.7 Å². The number of aromatic carboxylic acids is 1. The number of anilines is 1. The molecular weight excluding hydrogens is 264 g/mol. The molecule has 0 radical (unpaired) electrons. The Morgan fingerprint density at radius 3 is 2.57 bits per heavy atom. The zero-order valence-electron chi connectivity index (χ0n) is 11.7. The molecule has 0 atom stereocenters. The normalized spacial score (nSPS) is 10.9. The Balaban J connectivity index is 2.49. The topological polar surface area (TPSA) is 67.7 Å². The molecule has 0 aliphatic heterocycles. The second-order valence-corrected chi connectivity index (χ2v) is 4.90. The highest BCUT2D eigenvalue weighted by molar-refractivity contribution is 6.06. The van der Waals surface area contributed by atoms with E-state index in [-0.39, 0.29) is 0 Å². The predicted octanol–water partition coefficient (Wildman–Crippen LogP) is 3.45. The molecule has 0 unspecified atom stereocenters. The minimum Gasteiger partial charge on any atom is -0.478 e. The fraction of sp³-hybridized carbons (Fsp3) is 0.118. The molecule has 1 aromatic carbocycles. The second kappa shape index (κ2) is 4.98. The molecule has 21 heavy (non-hydrogen) atoms. The molecule has 0 saturated carbocycles. The van der Waals surface area contributed by atoms with Crippen molar-refractivity contribution in [3.05, 3.63) is 59.9 Å². The maximum Gasteiger partial charge on any atom is 0.338 e. The Labute approximate surface area is 122 Å².